The number of carbonyl (C=O) groups is 2. The zero-order valence-corrected chi connectivity index (χ0v) is 13.7. The molecule has 9 heteroatoms. The number of nitrogens with zero attached hydrogens (tertiary/aromatic N) is 2. The van der Waals surface area contributed by atoms with Crippen molar-refractivity contribution in [3.8, 4) is 0 Å². The van der Waals surface area contributed by atoms with Gasteiger partial charge in [0.15, 0.2) is 6.17 Å². The van der Waals surface area contributed by atoms with E-state index in [1.165, 1.54) is 12.3 Å². The summed E-state index contributed by atoms with van der Waals surface area (Å²) in [7, 11) is 0. The summed E-state index contributed by atoms with van der Waals surface area (Å²) in [4.78, 5) is 28.9. The van der Waals surface area contributed by atoms with Crippen LogP contribution in [0.25, 0.3) is 0 Å². The van der Waals surface area contributed by atoms with Crippen molar-refractivity contribution in [1.29, 1.82) is 0 Å². The zero-order chi connectivity index (χ0) is 18.4. The molecule has 0 radical (unpaired) electrons. The van der Waals surface area contributed by atoms with E-state index in [1.807, 2.05) is 0 Å². The van der Waals surface area contributed by atoms with E-state index in [0.717, 1.165) is 29.9 Å². The molecule has 26 heavy (non-hydrogen) atoms. The Hall–Kier alpha value is -2.55. The molecule has 0 aromatic rings. The fraction of sp³-hybridized carbons (Fsp3) is 0.471. The average molecular weight is 365 g/mol. The van der Waals surface area contributed by atoms with Crippen LogP contribution >= 0.6 is 0 Å². The second kappa shape index (κ2) is 6.31. The maximum atomic E-state index is 15.0. The Bertz CT molecular complexity index is 802. The number of allylic oxidation sites excluding steroid dienone is 1. The number of nitrogens with one attached hydrogen (secondary N) is 1. The third-order valence-corrected chi connectivity index (χ3v) is 4.92. The van der Waals surface area contributed by atoms with Gasteiger partial charge in [0.1, 0.15) is 17.7 Å². The molecular formula is C17H17F2N3O4. The van der Waals surface area contributed by atoms with E-state index < -0.39 is 36.5 Å². The predicted octanol–water partition coefficient (Wildman–Crippen LogP) is 1.20. The molecule has 1 amide bonds. The van der Waals surface area contributed by atoms with E-state index >= 15 is 0 Å². The lowest BCUT2D eigenvalue weighted by Gasteiger charge is -2.42. The summed E-state index contributed by atoms with van der Waals surface area (Å²) in [6.45, 7) is -0.0461. The van der Waals surface area contributed by atoms with Gasteiger partial charge < -0.3 is 15.2 Å². The zero-order valence-electron chi connectivity index (χ0n) is 13.7. The molecule has 0 aromatic carbocycles. The standard InChI is InChI=1S/C17H17F2N3O4/c18-4-3-10-11-7-26-15-12-8(2-1-5-20-12)6-9(19)14(15)22(11)16(23)13(21-10)17(24)25/h6-7,9-10,12,20H,1-5H2,(H,24,25). The number of fused-ring (bicyclic) bond motifs is 4. The summed E-state index contributed by atoms with van der Waals surface area (Å²) in [6.07, 6.45) is 2.53. The van der Waals surface area contributed by atoms with Crippen molar-refractivity contribution in [2.24, 2.45) is 4.99 Å². The Morgan fingerprint density at radius 2 is 2.31 bits per heavy atom. The lowest BCUT2D eigenvalue weighted by molar-refractivity contribution is -0.132. The highest BCUT2D eigenvalue weighted by Gasteiger charge is 2.47. The average Bonchev–Trinajstić information content (AvgIpc) is 2.63. The molecule has 4 aliphatic rings. The molecule has 0 saturated carbocycles. The number of aliphatic carboxylic acids is 1. The lowest BCUT2D eigenvalue weighted by atomic mass is 9.87. The van der Waals surface area contributed by atoms with E-state index in [9.17, 15) is 23.5 Å². The molecule has 4 rings (SSSR count). The van der Waals surface area contributed by atoms with Crippen molar-refractivity contribution in [3.05, 3.63) is 35.1 Å². The monoisotopic (exact) mass is 365 g/mol. The number of aliphatic imine (C=N–C) groups is 1. The van der Waals surface area contributed by atoms with Crippen LogP contribution in [0.2, 0.25) is 0 Å². The Morgan fingerprint density at radius 3 is 3.04 bits per heavy atom. The highest BCUT2D eigenvalue weighted by molar-refractivity contribution is 6.64. The highest BCUT2D eigenvalue weighted by atomic mass is 19.1. The first kappa shape index (κ1) is 16.9. The van der Waals surface area contributed by atoms with Gasteiger partial charge in [0.2, 0.25) is 5.71 Å². The molecule has 3 unspecified atom stereocenters. The van der Waals surface area contributed by atoms with Gasteiger partial charge in [-0.2, -0.15) is 0 Å². The number of carboxylic acid groups (broad SMARTS) is 1. The number of halogens is 2. The quantitative estimate of drug-likeness (QED) is 0.734. The van der Waals surface area contributed by atoms with Gasteiger partial charge in [-0.05, 0) is 31.0 Å². The van der Waals surface area contributed by atoms with Gasteiger partial charge >= 0.3 is 5.97 Å². The number of hydrogen-bond acceptors (Lipinski definition) is 5. The number of piperidine rings is 1. The van der Waals surface area contributed by atoms with Gasteiger partial charge in [-0.1, -0.05) is 0 Å². The van der Waals surface area contributed by atoms with Gasteiger partial charge in [-0.25, -0.2) is 9.18 Å². The number of hydrogen-bond donors (Lipinski definition) is 2. The van der Waals surface area contributed by atoms with Crippen molar-refractivity contribution < 1.29 is 28.2 Å². The smallest absolute Gasteiger partial charge is 0.359 e. The van der Waals surface area contributed by atoms with E-state index in [0.29, 0.717) is 0 Å². The van der Waals surface area contributed by atoms with Crippen molar-refractivity contribution in [3.63, 3.8) is 0 Å². The highest BCUT2D eigenvalue weighted by Crippen LogP contribution is 2.40. The number of carbonyl (C=O) groups excluding carboxylic acids is 1. The van der Waals surface area contributed by atoms with Crippen LogP contribution in [0.3, 0.4) is 0 Å². The molecule has 0 spiro atoms. The van der Waals surface area contributed by atoms with Gasteiger partial charge in [0.05, 0.1) is 24.5 Å². The maximum absolute atomic E-state index is 15.0. The first-order chi connectivity index (χ1) is 12.5. The van der Waals surface area contributed by atoms with E-state index in [2.05, 4.69) is 10.3 Å². The van der Waals surface area contributed by atoms with Crippen LogP contribution in [-0.4, -0.2) is 59.1 Å². The van der Waals surface area contributed by atoms with Crippen molar-refractivity contribution in [1.82, 2.24) is 10.2 Å². The fourth-order valence-corrected chi connectivity index (χ4v) is 3.78. The van der Waals surface area contributed by atoms with Gasteiger partial charge in [-0.3, -0.25) is 19.1 Å². The molecule has 7 nitrogen and oxygen atoms in total. The lowest BCUT2D eigenvalue weighted by Crippen LogP contribution is -2.52. The minimum absolute atomic E-state index is 0.0480. The van der Waals surface area contributed by atoms with Gasteiger partial charge in [0.25, 0.3) is 5.91 Å². The summed E-state index contributed by atoms with van der Waals surface area (Å²) >= 11 is 0. The molecule has 0 bridgehead atoms. The Morgan fingerprint density at radius 1 is 1.50 bits per heavy atom. The van der Waals surface area contributed by atoms with Crippen molar-refractivity contribution in [2.45, 2.75) is 37.5 Å². The third kappa shape index (κ3) is 2.45. The Kier molecular flexibility index (Phi) is 4.10. The topological polar surface area (TPSA) is 91.2 Å². The van der Waals surface area contributed by atoms with Crippen LogP contribution < -0.4 is 5.32 Å². The minimum atomic E-state index is -1.62. The summed E-state index contributed by atoms with van der Waals surface area (Å²) in [5.41, 5.74) is 0.226. The van der Waals surface area contributed by atoms with Crippen LogP contribution in [0.4, 0.5) is 8.78 Å². The van der Waals surface area contributed by atoms with Crippen molar-refractivity contribution >= 4 is 17.6 Å². The largest absolute Gasteiger partial charge is 0.476 e. The second-order valence-corrected chi connectivity index (χ2v) is 6.46. The summed E-state index contributed by atoms with van der Waals surface area (Å²) in [6, 6.07) is -1.28. The number of ether oxygens (including phenoxy) is 1. The van der Waals surface area contributed by atoms with Crippen LogP contribution in [0, 0.1) is 0 Å². The first-order valence-corrected chi connectivity index (χ1v) is 8.43. The Labute approximate surface area is 147 Å². The normalized spacial score (nSPS) is 30.4. The fourth-order valence-electron chi connectivity index (χ4n) is 3.78. The second-order valence-electron chi connectivity index (χ2n) is 6.46. The number of alkyl halides is 2. The molecule has 1 aliphatic carbocycles. The third-order valence-electron chi connectivity index (χ3n) is 4.92. The first-order valence-electron chi connectivity index (χ1n) is 8.43. The molecule has 3 heterocycles. The summed E-state index contributed by atoms with van der Waals surface area (Å²) in [5, 5.41) is 12.5. The molecule has 1 saturated heterocycles. The SMILES string of the molecule is O=C(O)C1=NC(CCF)C2=COC3=C(C(F)C=C4CCCNC43)N2C1=O. The maximum Gasteiger partial charge on any atom is 0.359 e. The predicted molar refractivity (Wildman–Crippen MR) is 86.5 cm³/mol. The van der Waals surface area contributed by atoms with E-state index in [-0.39, 0.29) is 29.6 Å². The van der Waals surface area contributed by atoms with Crippen molar-refractivity contribution in [2.75, 3.05) is 13.2 Å². The molecule has 0 aromatic heterocycles. The van der Waals surface area contributed by atoms with Crippen LogP contribution in [-0.2, 0) is 14.3 Å². The van der Waals surface area contributed by atoms with Gasteiger partial charge in [0, 0.05) is 6.42 Å². The molecule has 3 atom stereocenters. The van der Waals surface area contributed by atoms with Crippen LogP contribution in [0.1, 0.15) is 19.3 Å². The minimum Gasteiger partial charge on any atom is -0.476 e. The summed E-state index contributed by atoms with van der Waals surface area (Å²) < 4.78 is 33.5. The molecule has 138 valence electrons. The molecule has 2 N–H and O–H groups in total. The van der Waals surface area contributed by atoms with Crippen LogP contribution in [0.15, 0.2) is 40.1 Å². The number of carboxylic acids is 1. The molecular weight excluding hydrogens is 348 g/mol. The Balaban J connectivity index is 1.80. The number of rotatable bonds is 3. The van der Waals surface area contributed by atoms with Crippen LogP contribution in [0.5, 0.6) is 0 Å². The summed E-state index contributed by atoms with van der Waals surface area (Å²) in [5.74, 6) is -2.22. The molecule has 1 fully saturated rings. The molecule has 3 aliphatic heterocycles. The number of amides is 1. The van der Waals surface area contributed by atoms with E-state index in [4.69, 9.17) is 4.74 Å². The van der Waals surface area contributed by atoms with E-state index in [1.54, 1.807) is 0 Å². The van der Waals surface area contributed by atoms with Gasteiger partial charge in [-0.15, -0.1) is 0 Å².